The highest BCUT2D eigenvalue weighted by atomic mass is 35.5. The Bertz CT molecular complexity index is 548. The number of pyridine rings is 1. The summed E-state index contributed by atoms with van der Waals surface area (Å²) in [6.45, 7) is 5.14. The second-order valence-corrected chi connectivity index (χ2v) is 5.45. The monoisotopic (exact) mass is 292 g/mol. The van der Waals surface area contributed by atoms with Crippen molar-refractivity contribution in [2.45, 2.75) is 32.7 Å². The first-order valence-electron chi connectivity index (χ1n) is 6.94. The van der Waals surface area contributed by atoms with Gasteiger partial charge < -0.3 is 5.32 Å². The van der Waals surface area contributed by atoms with E-state index in [-0.39, 0.29) is 6.04 Å². The van der Waals surface area contributed by atoms with E-state index in [0.717, 1.165) is 30.8 Å². The quantitative estimate of drug-likeness (QED) is 0.890. The van der Waals surface area contributed by atoms with Crippen molar-refractivity contribution in [2.24, 2.45) is 7.05 Å². The van der Waals surface area contributed by atoms with E-state index in [4.69, 9.17) is 11.6 Å². The summed E-state index contributed by atoms with van der Waals surface area (Å²) >= 11 is 5.91. The molecule has 0 amide bonds. The van der Waals surface area contributed by atoms with Gasteiger partial charge in [0.05, 0.1) is 22.5 Å². The molecule has 1 atom stereocenters. The van der Waals surface area contributed by atoms with Gasteiger partial charge in [-0.3, -0.25) is 9.67 Å². The zero-order valence-electron chi connectivity index (χ0n) is 12.2. The Kier molecular flexibility index (Phi) is 5.15. The highest BCUT2D eigenvalue weighted by molar-refractivity contribution is 6.30. The van der Waals surface area contributed by atoms with Crippen molar-refractivity contribution in [3.63, 3.8) is 0 Å². The van der Waals surface area contributed by atoms with Crippen molar-refractivity contribution in [3.05, 3.63) is 46.5 Å². The predicted molar refractivity (Wildman–Crippen MR) is 81.9 cm³/mol. The summed E-state index contributed by atoms with van der Waals surface area (Å²) in [5, 5.41) is 8.61. The summed E-state index contributed by atoms with van der Waals surface area (Å²) in [6.07, 6.45) is 3.66. The second-order valence-electron chi connectivity index (χ2n) is 5.01. The lowest BCUT2D eigenvalue weighted by Crippen LogP contribution is -2.25. The van der Waals surface area contributed by atoms with Crippen LogP contribution in [0.4, 0.5) is 0 Å². The average Bonchev–Trinajstić information content (AvgIpc) is 2.74. The molecule has 0 spiro atoms. The molecule has 2 heterocycles. The van der Waals surface area contributed by atoms with Gasteiger partial charge in [0.2, 0.25) is 0 Å². The molecule has 4 nitrogen and oxygen atoms in total. The molecule has 1 unspecified atom stereocenters. The third-order valence-electron chi connectivity index (χ3n) is 3.26. The third kappa shape index (κ3) is 3.81. The Morgan fingerprint density at radius 2 is 2.20 bits per heavy atom. The minimum absolute atomic E-state index is 0.182. The van der Waals surface area contributed by atoms with Gasteiger partial charge in [0.25, 0.3) is 0 Å². The van der Waals surface area contributed by atoms with Gasteiger partial charge in [-0.2, -0.15) is 5.10 Å². The van der Waals surface area contributed by atoms with Gasteiger partial charge in [-0.1, -0.05) is 18.5 Å². The molecular formula is C15H21ClN4. The Morgan fingerprint density at radius 1 is 1.40 bits per heavy atom. The Morgan fingerprint density at radius 3 is 2.75 bits per heavy atom. The number of halogens is 1. The molecule has 0 saturated carbocycles. The summed E-state index contributed by atoms with van der Waals surface area (Å²) in [5.41, 5.74) is 3.26. The third-order valence-corrected chi connectivity index (χ3v) is 3.48. The number of aryl methyl sites for hydroxylation is 2. The maximum atomic E-state index is 5.91. The molecule has 2 rings (SSSR count). The zero-order chi connectivity index (χ0) is 14.5. The first-order chi connectivity index (χ1) is 9.60. The van der Waals surface area contributed by atoms with Crippen LogP contribution in [0.25, 0.3) is 0 Å². The first-order valence-corrected chi connectivity index (χ1v) is 7.32. The van der Waals surface area contributed by atoms with Crippen LogP contribution in [0.1, 0.15) is 36.5 Å². The molecular weight excluding hydrogens is 272 g/mol. The van der Waals surface area contributed by atoms with Crippen LogP contribution < -0.4 is 5.32 Å². The molecule has 0 bridgehead atoms. The zero-order valence-corrected chi connectivity index (χ0v) is 13.0. The van der Waals surface area contributed by atoms with Gasteiger partial charge >= 0.3 is 0 Å². The van der Waals surface area contributed by atoms with Crippen LogP contribution >= 0.6 is 11.6 Å². The lowest BCUT2D eigenvalue weighted by Gasteiger charge is -2.18. The molecule has 0 radical (unpaired) electrons. The lowest BCUT2D eigenvalue weighted by atomic mass is 10.1. The van der Waals surface area contributed by atoms with Crippen LogP contribution in [0.15, 0.2) is 24.4 Å². The molecule has 0 aliphatic carbocycles. The topological polar surface area (TPSA) is 42.7 Å². The summed E-state index contributed by atoms with van der Waals surface area (Å²) in [4.78, 5) is 4.44. The van der Waals surface area contributed by atoms with Crippen molar-refractivity contribution in [1.29, 1.82) is 0 Å². The molecule has 5 heteroatoms. The summed E-state index contributed by atoms with van der Waals surface area (Å²) in [7, 11) is 1.98. The van der Waals surface area contributed by atoms with Crippen molar-refractivity contribution in [3.8, 4) is 0 Å². The number of nitrogens with one attached hydrogen (secondary N) is 1. The van der Waals surface area contributed by atoms with Crippen LogP contribution in [-0.4, -0.2) is 21.3 Å². The van der Waals surface area contributed by atoms with Crippen molar-refractivity contribution >= 4 is 11.6 Å². The van der Waals surface area contributed by atoms with E-state index in [9.17, 15) is 0 Å². The van der Waals surface area contributed by atoms with Crippen LogP contribution in [0.2, 0.25) is 5.02 Å². The molecule has 2 aromatic rings. The Balaban J connectivity index is 2.18. The lowest BCUT2D eigenvalue weighted by molar-refractivity contribution is 0.502. The number of aromatic nitrogens is 3. The van der Waals surface area contributed by atoms with Crippen LogP contribution in [0.5, 0.6) is 0 Å². The maximum Gasteiger partial charge on any atom is 0.0596 e. The van der Waals surface area contributed by atoms with Crippen molar-refractivity contribution in [1.82, 2.24) is 20.1 Å². The molecule has 1 N–H and O–H groups in total. The summed E-state index contributed by atoms with van der Waals surface area (Å²) in [6, 6.07) is 6.18. The molecule has 0 saturated heterocycles. The second kappa shape index (κ2) is 6.86. The summed E-state index contributed by atoms with van der Waals surface area (Å²) < 4.78 is 1.94. The largest absolute Gasteiger partial charge is 0.308 e. The van der Waals surface area contributed by atoms with Crippen LogP contribution in [0, 0.1) is 6.92 Å². The molecule has 0 aliphatic heterocycles. The minimum atomic E-state index is 0.182. The number of hydrogen-bond acceptors (Lipinski definition) is 3. The highest BCUT2D eigenvalue weighted by Crippen LogP contribution is 2.18. The van der Waals surface area contributed by atoms with E-state index in [0.29, 0.717) is 5.02 Å². The normalized spacial score (nSPS) is 12.6. The smallest absolute Gasteiger partial charge is 0.0596 e. The fraction of sp³-hybridized carbons (Fsp3) is 0.467. The van der Waals surface area contributed by atoms with E-state index < -0.39 is 0 Å². The molecule has 0 fully saturated rings. The van der Waals surface area contributed by atoms with Crippen molar-refractivity contribution in [2.75, 3.05) is 6.54 Å². The van der Waals surface area contributed by atoms with E-state index in [1.165, 1.54) is 5.69 Å². The fourth-order valence-corrected chi connectivity index (χ4v) is 2.37. The number of hydrogen-bond donors (Lipinski definition) is 1. The van der Waals surface area contributed by atoms with E-state index in [1.807, 2.05) is 30.8 Å². The Hall–Kier alpha value is -1.39. The van der Waals surface area contributed by atoms with Crippen molar-refractivity contribution < 1.29 is 0 Å². The van der Waals surface area contributed by atoms with Gasteiger partial charge in [-0.25, -0.2) is 0 Å². The molecule has 0 aromatic carbocycles. The van der Waals surface area contributed by atoms with Crippen LogP contribution in [0.3, 0.4) is 0 Å². The predicted octanol–water partition coefficient (Wildman–Crippen LogP) is 3.06. The Labute approximate surface area is 125 Å². The molecule has 0 aliphatic rings. The van der Waals surface area contributed by atoms with Gasteiger partial charge in [-0.05, 0) is 38.1 Å². The van der Waals surface area contributed by atoms with Gasteiger partial charge in [0.1, 0.15) is 0 Å². The van der Waals surface area contributed by atoms with Gasteiger partial charge in [0.15, 0.2) is 0 Å². The van der Waals surface area contributed by atoms with E-state index in [1.54, 1.807) is 6.20 Å². The maximum absolute atomic E-state index is 5.91. The van der Waals surface area contributed by atoms with Crippen LogP contribution in [-0.2, 0) is 13.5 Å². The average molecular weight is 293 g/mol. The fourth-order valence-electron chi connectivity index (χ4n) is 2.26. The molecule has 2 aromatic heterocycles. The van der Waals surface area contributed by atoms with E-state index in [2.05, 4.69) is 28.4 Å². The highest BCUT2D eigenvalue weighted by Gasteiger charge is 2.15. The SMILES string of the molecule is CCCNC(Cc1cc(C)nn1C)c1ccc(Cl)cn1. The molecule has 108 valence electrons. The van der Waals surface area contributed by atoms with Gasteiger partial charge in [-0.15, -0.1) is 0 Å². The van der Waals surface area contributed by atoms with E-state index >= 15 is 0 Å². The van der Waals surface area contributed by atoms with Gasteiger partial charge in [0, 0.05) is 25.4 Å². The molecule has 20 heavy (non-hydrogen) atoms. The number of nitrogens with zero attached hydrogens (tertiary/aromatic N) is 3. The standard InChI is InChI=1S/C15H21ClN4/c1-4-7-17-15(14-6-5-12(16)10-18-14)9-13-8-11(2)19-20(13)3/h5-6,8,10,15,17H,4,7,9H2,1-3H3. The first kappa shape index (κ1) is 15.0. The minimum Gasteiger partial charge on any atom is -0.308 e. The number of rotatable bonds is 6. The summed E-state index contributed by atoms with van der Waals surface area (Å²) in [5.74, 6) is 0.